The molecule has 2 aromatic heterocycles. The number of carbonyl (C=O) groups is 1. The first-order valence-electron chi connectivity index (χ1n) is 5.87. The monoisotopic (exact) mass is 328 g/mol. The highest BCUT2D eigenvalue weighted by Crippen LogP contribution is 2.26. The highest BCUT2D eigenvalue weighted by molar-refractivity contribution is 9.10. The van der Waals surface area contributed by atoms with Crippen molar-refractivity contribution in [3.05, 3.63) is 59.0 Å². The summed E-state index contributed by atoms with van der Waals surface area (Å²) in [6.45, 7) is 0. The van der Waals surface area contributed by atoms with Gasteiger partial charge >= 0.3 is 0 Å². The summed E-state index contributed by atoms with van der Waals surface area (Å²) >= 11 is 3.45. The molecule has 6 heteroatoms. The van der Waals surface area contributed by atoms with Gasteiger partial charge in [-0.05, 0) is 29.8 Å². The number of hydrogen-bond acceptors (Lipinski definition) is 4. The average Bonchev–Trinajstić information content (AvgIpc) is 2.96. The maximum absolute atomic E-state index is 10.7. The fourth-order valence-electron chi connectivity index (χ4n) is 1.90. The number of aldehydes is 1. The maximum atomic E-state index is 10.7. The molecule has 5 nitrogen and oxygen atoms in total. The van der Waals surface area contributed by atoms with Gasteiger partial charge < -0.3 is 0 Å². The molecule has 0 unspecified atom stereocenters. The van der Waals surface area contributed by atoms with Crippen LogP contribution >= 0.6 is 15.9 Å². The molecule has 20 heavy (non-hydrogen) atoms. The van der Waals surface area contributed by atoms with E-state index in [1.807, 2.05) is 36.4 Å². The third-order valence-electron chi connectivity index (χ3n) is 2.77. The summed E-state index contributed by atoms with van der Waals surface area (Å²) in [6, 6.07) is 11.7. The normalized spacial score (nSPS) is 10.4. The van der Waals surface area contributed by atoms with Crippen molar-refractivity contribution < 1.29 is 4.79 Å². The summed E-state index contributed by atoms with van der Waals surface area (Å²) in [5.41, 5.74) is 2.19. The van der Waals surface area contributed by atoms with Crippen LogP contribution in [-0.4, -0.2) is 26.3 Å². The molecular formula is C14H9BrN4O. The van der Waals surface area contributed by atoms with Crippen LogP contribution in [0.4, 0.5) is 0 Å². The van der Waals surface area contributed by atoms with E-state index in [9.17, 15) is 4.79 Å². The zero-order valence-corrected chi connectivity index (χ0v) is 11.9. The van der Waals surface area contributed by atoms with Crippen molar-refractivity contribution in [2.75, 3.05) is 0 Å². The van der Waals surface area contributed by atoms with Gasteiger partial charge in [-0.1, -0.05) is 33.3 Å². The topological polar surface area (TPSA) is 60.7 Å². The van der Waals surface area contributed by atoms with Crippen LogP contribution in [0.15, 0.2) is 53.3 Å². The molecule has 0 spiro atoms. The van der Waals surface area contributed by atoms with Gasteiger partial charge in [-0.3, -0.25) is 4.79 Å². The fraction of sp³-hybridized carbons (Fsp3) is 0. The van der Waals surface area contributed by atoms with Gasteiger partial charge in [-0.25, -0.2) is 9.67 Å². The number of aromatic nitrogens is 4. The Hall–Kier alpha value is -2.34. The third kappa shape index (κ3) is 2.37. The van der Waals surface area contributed by atoms with E-state index < -0.39 is 0 Å². The summed E-state index contributed by atoms with van der Waals surface area (Å²) in [4.78, 5) is 15.0. The Morgan fingerprint density at radius 3 is 2.85 bits per heavy atom. The maximum Gasteiger partial charge on any atom is 0.171 e. The van der Waals surface area contributed by atoms with Gasteiger partial charge in [0.2, 0.25) is 0 Å². The smallest absolute Gasteiger partial charge is 0.171 e. The molecule has 98 valence electrons. The minimum absolute atomic E-state index is 0.274. The van der Waals surface area contributed by atoms with Gasteiger partial charge in [0.25, 0.3) is 0 Å². The van der Waals surface area contributed by atoms with Crippen LogP contribution in [0.3, 0.4) is 0 Å². The highest BCUT2D eigenvalue weighted by Gasteiger charge is 2.10. The highest BCUT2D eigenvalue weighted by atomic mass is 79.9. The SMILES string of the molecule is O=Cc1cn(-c2ncccc2-c2cccc(Br)c2)nn1. The number of benzene rings is 1. The summed E-state index contributed by atoms with van der Waals surface area (Å²) in [5, 5.41) is 7.69. The average molecular weight is 329 g/mol. The first kappa shape index (κ1) is 12.7. The predicted molar refractivity (Wildman–Crippen MR) is 77.7 cm³/mol. The zero-order chi connectivity index (χ0) is 13.9. The Morgan fingerprint density at radius 1 is 1.20 bits per heavy atom. The number of hydrogen-bond donors (Lipinski definition) is 0. The second-order valence-corrected chi connectivity index (χ2v) is 5.01. The Kier molecular flexibility index (Phi) is 3.39. The first-order valence-corrected chi connectivity index (χ1v) is 6.66. The number of rotatable bonds is 3. The minimum Gasteiger partial charge on any atom is -0.296 e. The van der Waals surface area contributed by atoms with E-state index in [-0.39, 0.29) is 5.69 Å². The van der Waals surface area contributed by atoms with E-state index in [0.717, 1.165) is 15.6 Å². The summed E-state index contributed by atoms with van der Waals surface area (Å²) in [6.07, 6.45) is 3.89. The van der Waals surface area contributed by atoms with Gasteiger partial charge in [-0.2, -0.15) is 0 Å². The second kappa shape index (κ2) is 5.34. The lowest BCUT2D eigenvalue weighted by Crippen LogP contribution is -2.00. The number of halogens is 1. The van der Waals surface area contributed by atoms with E-state index in [0.29, 0.717) is 12.1 Å². The lowest BCUT2D eigenvalue weighted by atomic mass is 10.1. The molecule has 0 atom stereocenters. The van der Waals surface area contributed by atoms with E-state index in [4.69, 9.17) is 0 Å². The Balaban J connectivity index is 2.15. The Morgan fingerprint density at radius 2 is 2.10 bits per heavy atom. The minimum atomic E-state index is 0.274. The fourth-order valence-corrected chi connectivity index (χ4v) is 2.29. The summed E-state index contributed by atoms with van der Waals surface area (Å²) in [7, 11) is 0. The van der Waals surface area contributed by atoms with Crippen molar-refractivity contribution in [2.45, 2.75) is 0 Å². The molecule has 0 aliphatic carbocycles. The van der Waals surface area contributed by atoms with Gasteiger partial charge in [0.1, 0.15) is 5.69 Å². The number of pyridine rings is 1. The van der Waals surface area contributed by atoms with Crippen LogP contribution in [0, 0.1) is 0 Å². The lowest BCUT2D eigenvalue weighted by molar-refractivity contribution is 0.111. The zero-order valence-electron chi connectivity index (χ0n) is 10.3. The van der Waals surface area contributed by atoms with Crippen LogP contribution in [0.1, 0.15) is 10.5 Å². The van der Waals surface area contributed by atoms with Crippen molar-refractivity contribution in [3.8, 4) is 16.9 Å². The van der Waals surface area contributed by atoms with E-state index >= 15 is 0 Å². The number of carbonyl (C=O) groups excluding carboxylic acids is 1. The van der Waals surface area contributed by atoms with Crippen molar-refractivity contribution in [2.24, 2.45) is 0 Å². The van der Waals surface area contributed by atoms with E-state index in [1.54, 1.807) is 12.4 Å². The quantitative estimate of drug-likeness (QED) is 0.693. The van der Waals surface area contributed by atoms with Gasteiger partial charge in [-0.15, -0.1) is 5.10 Å². The Labute approximate surface area is 123 Å². The van der Waals surface area contributed by atoms with E-state index in [1.165, 1.54) is 4.68 Å². The number of nitrogens with zero attached hydrogens (tertiary/aromatic N) is 4. The lowest BCUT2D eigenvalue weighted by Gasteiger charge is -2.08. The van der Waals surface area contributed by atoms with E-state index in [2.05, 4.69) is 31.2 Å². The second-order valence-electron chi connectivity index (χ2n) is 4.09. The largest absolute Gasteiger partial charge is 0.296 e. The molecule has 1 aromatic carbocycles. The molecule has 0 aliphatic rings. The molecule has 0 aliphatic heterocycles. The van der Waals surface area contributed by atoms with Gasteiger partial charge in [0.15, 0.2) is 12.1 Å². The molecule has 0 radical (unpaired) electrons. The standard InChI is InChI=1S/C14H9BrN4O/c15-11-4-1-3-10(7-11)13-5-2-6-16-14(13)19-8-12(9-20)17-18-19/h1-9H. The molecule has 2 heterocycles. The molecule has 3 aromatic rings. The molecular weight excluding hydrogens is 320 g/mol. The van der Waals surface area contributed by atoms with Crippen LogP contribution < -0.4 is 0 Å². The molecule has 0 saturated heterocycles. The van der Waals surface area contributed by atoms with Crippen LogP contribution in [0.5, 0.6) is 0 Å². The van der Waals surface area contributed by atoms with Gasteiger partial charge in [0.05, 0.1) is 6.20 Å². The van der Waals surface area contributed by atoms with Crippen molar-refractivity contribution in [3.63, 3.8) is 0 Å². The molecule has 3 rings (SSSR count). The molecule has 0 saturated carbocycles. The predicted octanol–water partition coefficient (Wildman–Crippen LogP) is 2.90. The molecule has 0 amide bonds. The molecule has 0 N–H and O–H groups in total. The van der Waals surface area contributed by atoms with Gasteiger partial charge in [0, 0.05) is 16.2 Å². The van der Waals surface area contributed by atoms with Crippen molar-refractivity contribution in [1.29, 1.82) is 0 Å². The van der Waals surface area contributed by atoms with Crippen LogP contribution in [0.2, 0.25) is 0 Å². The molecule has 0 fully saturated rings. The van der Waals surface area contributed by atoms with Crippen molar-refractivity contribution in [1.82, 2.24) is 20.0 Å². The summed E-state index contributed by atoms with van der Waals surface area (Å²) in [5.74, 6) is 0.631. The van der Waals surface area contributed by atoms with Crippen LogP contribution in [0.25, 0.3) is 16.9 Å². The summed E-state index contributed by atoms with van der Waals surface area (Å²) < 4.78 is 2.48. The third-order valence-corrected chi connectivity index (χ3v) is 3.26. The first-order chi connectivity index (χ1) is 9.78. The Bertz CT molecular complexity index is 769. The van der Waals surface area contributed by atoms with Crippen molar-refractivity contribution >= 4 is 22.2 Å². The molecule has 0 bridgehead atoms. The van der Waals surface area contributed by atoms with Crippen LogP contribution in [-0.2, 0) is 0 Å².